The molecule has 3 heterocycles. The van der Waals surface area contributed by atoms with Gasteiger partial charge in [-0.2, -0.15) is 4.98 Å². The van der Waals surface area contributed by atoms with Crippen molar-refractivity contribution in [3.63, 3.8) is 0 Å². The van der Waals surface area contributed by atoms with Crippen molar-refractivity contribution in [1.29, 1.82) is 0 Å². The van der Waals surface area contributed by atoms with Crippen molar-refractivity contribution >= 4 is 0 Å². The number of aromatic nitrogens is 5. The highest BCUT2D eigenvalue weighted by molar-refractivity contribution is 5.80. The summed E-state index contributed by atoms with van der Waals surface area (Å²) in [7, 11) is 0. The summed E-state index contributed by atoms with van der Waals surface area (Å²) < 4.78 is 12.0. The van der Waals surface area contributed by atoms with Crippen molar-refractivity contribution in [2.45, 2.75) is 53.1 Å². The molecular formula is C31H31N5O4. The quantitative estimate of drug-likeness (QED) is 0.255. The van der Waals surface area contributed by atoms with Crippen molar-refractivity contribution in [3.05, 3.63) is 99.9 Å². The molecule has 9 heteroatoms. The fraction of sp³-hybridized carbons (Fsp3) is 0.258. The highest BCUT2D eigenvalue weighted by atomic mass is 16.6. The number of nitrogens with zero attached hydrogens (tertiary/aromatic N) is 5. The molecule has 5 aromatic rings. The zero-order valence-electron chi connectivity index (χ0n) is 23.0. The van der Waals surface area contributed by atoms with Gasteiger partial charge in [0.15, 0.2) is 0 Å². The molecule has 2 aromatic carbocycles. The largest absolute Gasteiger partial charge is 0.475 e. The van der Waals surface area contributed by atoms with Crippen LogP contribution in [0.1, 0.15) is 49.8 Å². The topological polar surface area (TPSA) is 116 Å². The Morgan fingerprint density at radius 2 is 1.75 bits per heavy atom. The molecule has 0 atom stereocenters. The summed E-state index contributed by atoms with van der Waals surface area (Å²) in [5, 5.41) is 13.4. The minimum absolute atomic E-state index is 0.0108. The first-order valence-corrected chi connectivity index (χ1v) is 13.3. The van der Waals surface area contributed by atoms with Crippen LogP contribution in [0, 0.1) is 6.92 Å². The van der Waals surface area contributed by atoms with E-state index in [1.54, 1.807) is 16.8 Å². The molecule has 0 spiro atoms. The van der Waals surface area contributed by atoms with Crippen LogP contribution in [-0.2, 0) is 12.8 Å². The molecule has 1 N–H and O–H groups in total. The van der Waals surface area contributed by atoms with E-state index in [1.165, 1.54) is 0 Å². The van der Waals surface area contributed by atoms with Crippen molar-refractivity contribution in [3.8, 4) is 40.2 Å². The molecule has 0 aliphatic heterocycles. The van der Waals surface area contributed by atoms with Crippen LogP contribution in [0.15, 0.2) is 76.2 Å². The third-order valence-corrected chi connectivity index (χ3v) is 6.48. The second-order valence-corrected chi connectivity index (χ2v) is 9.82. The molecule has 0 saturated heterocycles. The van der Waals surface area contributed by atoms with E-state index in [9.17, 15) is 9.90 Å². The van der Waals surface area contributed by atoms with Crippen LogP contribution < -0.4 is 10.3 Å². The molecule has 0 radical (unpaired) electrons. The molecule has 40 heavy (non-hydrogen) atoms. The summed E-state index contributed by atoms with van der Waals surface area (Å²) in [5.74, 6) is 1.44. The highest BCUT2D eigenvalue weighted by Crippen LogP contribution is 2.31. The van der Waals surface area contributed by atoms with Gasteiger partial charge >= 0.3 is 6.08 Å². The first kappa shape index (κ1) is 26.8. The van der Waals surface area contributed by atoms with Crippen LogP contribution in [0.25, 0.3) is 28.2 Å². The van der Waals surface area contributed by atoms with Crippen LogP contribution in [0.5, 0.6) is 12.0 Å². The lowest BCUT2D eigenvalue weighted by Crippen LogP contribution is -2.28. The Labute approximate surface area is 232 Å². The van der Waals surface area contributed by atoms with E-state index in [0.717, 1.165) is 34.4 Å². The molecule has 204 valence electrons. The van der Waals surface area contributed by atoms with Crippen LogP contribution >= 0.6 is 0 Å². The van der Waals surface area contributed by atoms with Gasteiger partial charge in [-0.1, -0.05) is 67.0 Å². The Morgan fingerprint density at radius 1 is 1.00 bits per heavy atom. The molecule has 0 aliphatic carbocycles. The number of benzene rings is 2. The summed E-state index contributed by atoms with van der Waals surface area (Å²) >= 11 is 0. The van der Waals surface area contributed by atoms with E-state index in [-0.39, 0.29) is 11.7 Å². The first-order valence-electron chi connectivity index (χ1n) is 13.3. The first-order chi connectivity index (χ1) is 19.3. The molecule has 0 aliphatic rings. The maximum atomic E-state index is 13.9. The fourth-order valence-electron chi connectivity index (χ4n) is 4.72. The van der Waals surface area contributed by atoms with Crippen LogP contribution in [0.2, 0.25) is 0 Å². The lowest BCUT2D eigenvalue weighted by Gasteiger charge is -2.16. The predicted molar refractivity (Wildman–Crippen MR) is 152 cm³/mol. The lowest BCUT2D eigenvalue weighted by atomic mass is 9.96. The normalized spacial score (nSPS) is 11.2. The van der Waals surface area contributed by atoms with Gasteiger partial charge in [-0.25, -0.2) is 9.97 Å². The lowest BCUT2D eigenvalue weighted by molar-refractivity contribution is 0.232. The van der Waals surface area contributed by atoms with Crippen molar-refractivity contribution in [1.82, 2.24) is 24.7 Å². The SMILES string of the molecule is CCCc1nc(C)n(-c2ccc(OC(C)C)nc2)c(=O)c1Cc1ccc(-c2ccccc2-c2noc(O)n2)cc1. The van der Waals surface area contributed by atoms with Gasteiger partial charge < -0.3 is 9.84 Å². The van der Waals surface area contributed by atoms with Gasteiger partial charge in [0, 0.05) is 23.6 Å². The Hall–Kier alpha value is -4.79. The van der Waals surface area contributed by atoms with Gasteiger partial charge in [0.2, 0.25) is 11.7 Å². The molecule has 0 amide bonds. The number of hydrogen-bond acceptors (Lipinski definition) is 8. The summed E-state index contributed by atoms with van der Waals surface area (Å²) in [5.41, 5.74) is 5.63. The van der Waals surface area contributed by atoms with E-state index in [0.29, 0.717) is 41.6 Å². The van der Waals surface area contributed by atoms with E-state index >= 15 is 0 Å². The molecule has 3 aromatic heterocycles. The standard InChI is InChI=1S/C31H31N5O4/c1-5-8-27-26(30(37)36(20(4)33-27)23-15-16-28(32-18-23)39-19(2)3)17-21-11-13-22(14-12-21)24-9-6-7-10-25(24)29-34-31(38)40-35-29/h6-7,9-16,18-19H,5,8,17H2,1-4H3,(H,34,35,38). The number of aryl methyl sites for hydroxylation is 2. The predicted octanol–water partition coefficient (Wildman–Crippen LogP) is 5.69. The van der Waals surface area contributed by atoms with E-state index in [2.05, 4.69) is 22.0 Å². The molecule has 0 unspecified atom stereocenters. The van der Waals surface area contributed by atoms with Gasteiger partial charge in [-0.05, 0) is 49.9 Å². The summed E-state index contributed by atoms with van der Waals surface area (Å²) in [4.78, 5) is 27.0. The maximum absolute atomic E-state index is 13.9. The highest BCUT2D eigenvalue weighted by Gasteiger charge is 2.17. The monoisotopic (exact) mass is 537 g/mol. The second-order valence-electron chi connectivity index (χ2n) is 9.82. The minimum Gasteiger partial charge on any atom is -0.475 e. The van der Waals surface area contributed by atoms with Crippen molar-refractivity contribution < 1.29 is 14.4 Å². The van der Waals surface area contributed by atoms with Crippen LogP contribution in [0.3, 0.4) is 0 Å². The molecule has 0 saturated carbocycles. The fourth-order valence-corrected chi connectivity index (χ4v) is 4.72. The molecule has 0 fully saturated rings. The number of ether oxygens (including phenoxy) is 1. The Kier molecular flexibility index (Phi) is 7.72. The van der Waals surface area contributed by atoms with E-state index < -0.39 is 6.08 Å². The van der Waals surface area contributed by atoms with Crippen molar-refractivity contribution in [2.24, 2.45) is 0 Å². The zero-order valence-corrected chi connectivity index (χ0v) is 23.0. The van der Waals surface area contributed by atoms with Crippen LogP contribution in [-0.4, -0.2) is 35.9 Å². The summed E-state index contributed by atoms with van der Waals surface area (Å²) in [6.45, 7) is 7.81. The Bertz CT molecular complexity index is 1670. The second kappa shape index (κ2) is 11.5. The average molecular weight is 538 g/mol. The van der Waals surface area contributed by atoms with Gasteiger partial charge in [0.25, 0.3) is 5.56 Å². The smallest absolute Gasteiger partial charge is 0.415 e. The number of hydrogen-bond donors (Lipinski definition) is 1. The van der Waals surface area contributed by atoms with Gasteiger partial charge in [-0.3, -0.25) is 13.9 Å². The number of aromatic hydroxyl groups is 1. The molecule has 9 nitrogen and oxygen atoms in total. The molecular weight excluding hydrogens is 506 g/mol. The number of pyridine rings is 1. The van der Waals surface area contributed by atoms with Gasteiger partial charge in [0.1, 0.15) is 5.82 Å². The molecule has 0 bridgehead atoms. The average Bonchev–Trinajstić information content (AvgIpc) is 3.38. The van der Waals surface area contributed by atoms with E-state index in [1.807, 2.05) is 75.4 Å². The van der Waals surface area contributed by atoms with E-state index in [4.69, 9.17) is 14.2 Å². The summed E-state index contributed by atoms with van der Waals surface area (Å²) in [6, 6.07) is 19.3. The Morgan fingerprint density at radius 3 is 2.38 bits per heavy atom. The number of rotatable bonds is 9. The summed E-state index contributed by atoms with van der Waals surface area (Å²) in [6.07, 6.45) is 3.23. The maximum Gasteiger partial charge on any atom is 0.415 e. The third-order valence-electron chi connectivity index (χ3n) is 6.48. The third kappa shape index (κ3) is 5.63. The Balaban J connectivity index is 1.48. The van der Waals surface area contributed by atoms with Gasteiger partial charge in [0.05, 0.1) is 23.7 Å². The minimum atomic E-state index is -0.476. The molecule has 5 rings (SSSR count). The zero-order chi connectivity index (χ0) is 28.2. The van der Waals surface area contributed by atoms with Crippen LogP contribution in [0.4, 0.5) is 0 Å². The van der Waals surface area contributed by atoms with Gasteiger partial charge in [-0.15, -0.1) is 0 Å². The van der Waals surface area contributed by atoms with Crippen molar-refractivity contribution in [2.75, 3.05) is 0 Å².